The van der Waals surface area contributed by atoms with Gasteiger partial charge in [-0.3, -0.25) is 24.7 Å². The lowest BCUT2D eigenvalue weighted by atomic mass is 10.0. The summed E-state index contributed by atoms with van der Waals surface area (Å²) in [5.41, 5.74) is 11.8. The smallest absolute Gasteiger partial charge is 0.323 e. The monoisotopic (exact) mass is 539 g/mol. The molecule has 0 bridgehead atoms. The van der Waals surface area contributed by atoms with Gasteiger partial charge in [-0.2, -0.15) is 4.72 Å². The van der Waals surface area contributed by atoms with Crippen molar-refractivity contribution >= 4 is 44.4 Å². The van der Waals surface area contributed by atoms with Gasteiger partial charge in [-0.1, -0.05) is 48.5 Å². The minimum Gasteiger partial charge on any atom is -0.480 e. The Morgan fingerprint density at radius 1 is 1.00 bits per heavy atom. The molecule has 3 rings (SSSR count). The number of nitrogens with one attached hydrogen (secondary N) is 2. The number of carboxylic acid groups (broad SMARTS) is 1. The van der Waals surface area contributed by atoms with Gasteiger partial charge in [0.1, 0.15) is 18.4 Å². The Labute approximate surface area is 220 Å². The van der Waals surface area contributed by atoms with Crippen molar-refractivity contribution in [1.29, 1.82) is 5.41 Å². The quantitative estimate of drug-likeness (QED) is 0.167. The number of aliphatic carboxylic acids is 1. The van der Waals surface area contributed by atoms with E-state index >= 15 is 0 Å². The number of carbonyl (C=O) groups is 3. The van der Waals surface area contributed by atoms with E-state index in [1.54, 1.807) is 36.4 Å². The average molecular weight is 540 g/mol. The zero-order chi connectivity index (χ0) is 27.9. The van der Waals surface area contributed by atoms with Gasteiger partial charge in [0.2, 0.25) is 21.8 Å². The van der Waals surface area contributed by atoms with E-state index in [0.717, 1.165) is 5.39 Å². The van der Waals surface area contributed by atoms with Crippen molar-refractivity contribution in [2.24, 2.45) is 11.5 Å². The maximum absolute atomic E-state index is 13.5. The van der Waals surface area contributed by atoms with E-state index in [2.05, 4.69) is 4.72 Å². The maximum atomic E-state index is 13.5. The molecule has 0 heterocycles. The van der Waals surface area contributed by atoms with Gasteiger partial charge < -0.3 is 16.6 Å². The summed E-state index contributed by atoms with van der Waals surface area (Å²) in [6.45, 7) is -0.791. The third-order valence-corrected chi connectivity index (χ3v) is 7.23. The number of imide groups is 1. The van der Waals surface area contributed by atoms with Gasteiger partial charge in [0.25, 0.3) is 0 Å². The van der Waals surface area contributed by atoms with Crippen molar-refractivity contribution in [2.75, 3.05) is 13.1 Å². The number of carbonyl (C=O) groups excluding carboxylic acids is 2. The van der Waals surface area contributed by atoms with E-state index in [9.17, 15) is 27.9 Å². The minimum atomic E-state index is -4.29. The molecular formula is C26H29N5O6S. The van der Waals surface area contributed by atoms with Crippen LogP contribution < -0.4 is 16.2 Å². The topological polar surface area (TPSA) is 197 Å². The summed E-state index contributed by atoms with van der Waals surface area (Å²) >= 11 is 0. The first-order valence-corrected chi connectivity index (χ1v) is 13.2. The first kappa shape index (κ1) is 28.4. The highest BCUT2D eigenvalue weighted by atomic mass is 32.2. The number of nitrogen functional groups attached to an aromatic ring is 1. The summed E-state index contributed by atoms with van der Waals surface area (Å²) in [5, 5.41) is 18.5. The molecule has 1 atom stereocenters. The molecule has 11 nitrogen and oxygen atoms in total. The first-order chi connectivity index (χ1) is 18.0. The number of sulfonamides is 1. The molecule has 0 unspecified atom stereocenters. The number of nitrogens with two attached hydrogens (primary N) is 2. The Morgan fingerprint density at radius 2 is 1.71 bits per heavy atom. The number of benzene rings is 3. The number of nitrogens with zero attached hydrogens (tertiary/aromatic N) is 1. The Kier molecular flexibility index (Phi) is 9.29. The molecule has 3 aromatic rings. The standard InChI is InChI=1S/C26H29N5O6S/c27-12-4-9-23(32)31(16-24(33)34)26(35)22(14-17-5-3-8-20(13-17)25(28)29)30-38(36,37)21-11-10-18-6-1-2-7-19(18)15-21/h1-3,5-8,10-11,13,15,22,30H,4,9,12,14,16,27H2,(H3,28,29)(H,33,34)/t22-/m0/s1. The van der Waals surface area contributed by atoms with Gasteiger partial charge in [0, 0.05) is 12.0 Å². The molecule has 0 aliphatic carbocycles. The summed E-state index contributed by atoms with van der Waals surface area (Å²) in [7, 11) is -4.29. The molecule has 0 aliphatic heterocycles. The fourth-order valence-corrected chi connectivity index (χ4v) is 5.10. The summed E-state index contributed by atoms with van der Waals surface area (Å²) in [6.07, 6.45) is -0.192. The molecule has 0 aromatic heterocycles. The molecule has 38 heavy (non-hydrogen) atoms. The van der Waals surface area contributed by atoms with Crippen LogP contribution in [0.5, 0.6) is 0 Å². The second-order valence-electron chi connectivity index (χ2n) is 8.61. The summed E-state index contributed by atoms with van der Waals surface area (Å²) in [4.78, 5) is 38.2. The van der Waals surface area contributed by atoms with Crippen molar-refractivity contribution in [2.45, 2.75) is 30.2 Å². The van der Waals surface area contributed by atoms with Crippen LogP contribution in [0.3, 0.4) is 0 Å². The predicted octanol–water partition coefficient (Wildman–Crippen LogP) is 1.19. The van der Waals surface area contributed by atoms with Gasteiger partial charge in [-0.25, -0.2) is 8.42 Å². The van der Waals surface area contributed by atoms with Crippen LogP contribution in [-0.2, 0) is 30.8 Å². The van der Waals surface area contributed by atoms with Crippen LogP contribution in [0.25, 0.3) is 10.8 Å². The van der Waals surface area contributed by atoms with Crippen molar-refractivity contribution in [3.63, 3.8) is 0 Å². The molecule has 0 radical (unpaired) electrons. The molecule has 0 fully saturated rings. The van der Waals surface area contributed by atoms with E-state index < -0.39 is 40.4 Å². The molecule has 3 aromatic carbocycles. The number of amidine groups is 1. The van der Waals surface area contributed by atoms with Crippen molar-refractivity contribution in [1.82, 2.24) is 9.62 Å². The van der Waals surface area contributed by atoms with Crippen LogP contribution in [0.15, 0.2) is 71.6 Å². The minimum absolute atomic E-state index is 0.106. The van der Waals surface area contributed by atoms with Gasteiger partial charge >= 0.3 is 5.97 Å². The van der Waals surface area contributed by atoms with Gasteiger partial charge in [0.05, 0.1) is 4.90 Å². The number of amides is 2. The highest BCUT2D eigenvalue weighted by Crippen LogP contribution is 2.20. The van der Waals surface area contributed by atoms with Crippen LogP contribution in [-0.4, -0.2) is 61.2 Å². The molecule has 0 saturated heterocycles. The lowest BCUT2D eigenvalue weighted by molar-refractivity contribution is -0.153. The maximum Gasteiger partial charge on any atom is 0.323 e. The van der Waals surface area contributed by atoms with E-state index in [1.165, 1.54) is 18.2 Å². The van der Waals surface area contributed by atoms with Crippen molar-refractivity contribution < 1.29 is 27.9 Å². The van der Waals surface area contributed by atoms with Crippen molar-refractivity contribution in [3.8, 4) is 0 Å². The zero-order valence-corrected chi connectivity index (χ0v) is 21.3. The number of fused-ring (bicyclic) bond motifs is 1. The SMILES string of the molecule is N=C(N)c1cccc(C[C@H](NS(=O)(=O)c2ccc3ccccc3c2)C(=O)N(CC(=O)O)C(=O)CCCN)c1. The number of hydrogen-bond acceptors (Lipinski definition) is 7. The van der Waals surface area contributed by atoms with Gasteiger partial charge in [0.15, 0.2) is 0 Å². The zero-order valence-electron chi connectivity index (χ0n) is 20.5. The Hall–Kier alpha value is -4.13. The molecule has 0 aliphatic rings. The van der Waals surface area contributed by atoms with Crippen molar-refractivity contribution in [3.05, 3.63) is 77.9 Å². The number of carboxylic acids is 1. The van der Waals surface area contributed by atoms with Crippen LogP contribution in [0.2, 0.25) is 0 Å². The second kappa shape index (κ2) is 12.4. The number of rotatable bonds is 12. The van der Waals surface area contributed by atoms with Crippen LogP contribution in [0.1, 0.15) is 24.0 Å². The first-order valence-electron chi connectivity index (χ1n) is 11.7. The van der Waals surface area contributed by atoms with Gasteiger partial charge in [-0.05, 0) is 53.9 Å². The van der Waals surface area contributed by atoms with Crippen LogP contribution in [0.4, 0.5) is 0 Å². The molecule has 12 heteroatoms. The normalized spacial score (nSPS) is 12.1. The molecule has 200 valence electrons. The largest absolute Gasteiger partial charge is 0.480 e. The third kappa shape index (κ3) is 7.22. The molecule has 2 amide bonds. The Bertz CT molecular complexity index is 1470. The highest BCUT2D eigenvalue weighted by molar-refractivity contribution is 7.89. The summed E-state index contributed by atoms with van der Waals surface area (Å²) in [6, 6.07) is 16.4. The summed E-state index contributed by atoms with van der Waals surface area (Å²) < 4.78 is 29.1. The molecule has 7 N–H and O–H groups in total. The van der Waals surface area contributed by atoms with E-state index in [-0.39, 0.29) is 36.5 Å². The molecule has 0 saturated carbocycles. The van der Waals surface area contributed by atoms with E-state index in [1.807, 2.05) is 12.1 Å². The van der Waals surface area contributed by atoms with Crippen LogP contribution in [0, 0.1) is 5.41 Å². The molecule has 0 spiro atoms. The lowest BCUT2D eigenvalue weighted by Gasteiger charge is -2.25. The van der Waals surface area contributed by atoms with E-state index in [4.69, 9.17) is 16.9 Å². The lowest BCUT2D eigenvalue weighted by Crippen LogP contribution is -2.52. The fraction of sp³-hybridized carbons (Fsp3) is 0.231. The Morgan fingerprint density at radius 3 is 2.37 bits per heavy atom. The molecular weight excluding hydrogens is 510 g/mol. The fourth-order valence-electron chi connectivity index (χ4n) is 3.87. The van der Waals surface area contributed by atoms with Gasteiger partial charge in [-0.15, -0.1) is 0 Å². The highest BCUT2D eigenvalue weighted by Gasteiger charge is 2.33. The number of hydrogen-bond donors (Lipinski definition) is 5. The second-order valence-corrected chi connectivity index (χ2v) is 10.3. The Balaban J connectivity index is 2.01. The average Bonchev–Trinajstić information content (AvgIpc) is 2.89. The predicted molar refractivity (Wildman–Crippen MR) is 142 cm³/mol. The summed E-state index contributed by atoms with van der Waals surface area (Å²) in [5.74, 6) is -3.47. The van der Waals surface area contributed by atoms with E-state index in [0.29, 0.717) is 21.4 Å². The third-order valence-electron chi connectivity index (χ3n) is 5.76. The van der Waals surface area contributed by atoms with Crippen LogP contribution >= 0.6 is 0 Å².